The number of nitrogens with one attached hydrogen (secondary N) is 1. The van der Waals surface area contributed by atoms with E-state index in [9.17, 15) is 9.59 Å². The SMILES string of the molecule is CCC(C)(C)NC(=O)C(c1ccc(OC)cc1)N(C(=O)Cn1nnc2ccccc21)C1CCCC1. The minimum atomic E-state index is -0.753. The van der Waals surface area contributed by atoms with Crippen LogP contribution >= 0.6 is 0 Å². The van der Waals surface area contributed by atoms with E-state index >= 15 is 0 Å². The first-order valence-corrected chi connectivity index (χ1v) is 12.4. The lowest BCUT2D eigenvalue weighted by Crippen LogP contribution is -2.53. The van der Waals surface area contributed by atoms with Crippen LogP contribution in [0.2, 0.25) is 0 Å². The molecule has 35 heavy (non-hydrogen) atoms. The Balaban J connectivity index is 1.73. The lowest BCUT2D eigenvalue weighted by Gasteiger charge is -2.38. The summed E-state index contributed by atoms with van der Waals surface area (Å²) in [6.45, 7) is 6.06. The van der Waals surface area contributed by atoms with Crippen LogP contribution in [0.1, 0.15) is 64.5 Å². The average molecular weight is 478 g/mol. The number of fused-ring (bicyclic) bond motifs is 1. The summed E-state index contributed by atoms with van der Waals surface area (Å²) in [4.78, 5) is 29.6. The van der Waals surface area contributed by atoms with Crippen LogP contribution in [0.25, 0.3) is 11.0 Å². The maximum Gasteiger partial charge on any atom is 0.247 e. The lowest BCUT2D eigenvalue weighted by atomic mass is 9.97. The summed E-state index contributed by atoms with van der Waals surface area (Å²) in [5.41, 5.74) is 1.90. The molecule has 4 rings (SSSR count). The number of carbonyl (C=O) groups is 2. The van der Waals surface area contributed by atoms with Crippen molar-refractivity contribution in [3.63, 3.8) is 0 Å². The Morgan fingerprint density at radius 1 is 1.14 bits per heavy atom. The van der Waals surface area contributed by atoms with Crippen molar-refractivity contribution >= 4 is 22.8 Å². The summed E-state index contributed by atoms with van der Waals surface area (Å²) in [6, 6.07) is 14.2. The first-order chi connectivity index (χ1) is 16.8. The fourth-order valence-corrected chi connectivity index (χ4v) is 4.70. The summed E-state index contributed by atoms with van der Waals surface area (Å²) < 4.78 is 6.95. The largest absolute Gasteiger partial charge is 0.497 e. The number of nitrogens with zero attached hydrogens (tertiary/aromatic N) is 4. The van der Waals surface area contributed by atoms with E-state index in [4.69, 9.17) is 4.74 Å². The van der Waals surface area contributed by atoms with Crippen molar-refractivity contribution in [3.05, 3.63) is 54.1 Å². The number of methoxy groups -OCH3 is 1. The summed E-state index contributed by atoms with van der Waals surface area (Å²) in [6.07, 6.45) is 4.61. The molecule has 1 heterocycles. The van der Waals surface area contributed by atoms with Gasteiger partial charge in [-0.2, -0.15) is 0 Å². The Labute approximate surface area is 206 Å². The minimum absolute atomic E-state index is 0.0140. The average Bonchev–Trinajstić information content (AvgIpc) is 3.53. The number of hydrogen-bond donors (Lipinski definition) is 1. The molecule has 186 valence electrons. The van der Waals surface area contributed by atoms with Crippen molar-refractivity contribution in [2.75, 3.05) is 7.11 Å². The van der Waals surface area contributed by atoms with E-state index in [1.807, 2.05) is 69.3 Å². The fourth-order valence-electron chi connectivity index (χ4n) is 4.70. The van der Waals surface area contributed by atoms with Crippen LogP contribution in [0.15, 0.2) is 48.5 Å². The van der Waals surface area contributed by atoms with Gasteiger partial charge in [0.05, 0.1) is 12.6 Å². The molecule has 0 saturated heterocycles. The molecule has 1 aliphatic carbocycles. The van der Waals surface area contributed by atoms with E-state index in [2.05, 4.69) is 15.6 Å². The molecular weight excluding hydrogens is 442 g/mol. The van der Waals surface area contributed by atoms with Gasteiger partial charge in [0, 0.05) is 11.6 Å². The molecule has 0 aliphatic heterocycles. The number of hydrogen-bond acceptors (Lipinski definition) is 5. The Bertz CT molecular complexity index is 1170. The molecule has 1 fully saturated rings. The number of ether oxygens (including phenoxy) is 1. The second-order valence-corrected chi connectivity index (χ2v) is 9.88. The topological polar surface area (TPSA) is 89.4 Å². The van der Waals surface area contributed by atoms with Crippen molar-refractivity contribution in [3.8, 4) is 5.75 Å². The highest BCUT2D eigenvalue weighted by Gasteiger charge is 2.39. The predicted octanol–water partition coefficient (Wildman–Crippen LogP) is 4.26. The molecule has 1 N–H and O–H groups in total. The normalized spacial score (nSPS) is 15.2. The number of benzene rings is 2. The molecule has 1 saturated carbocycles. The summed E-state index contributed by atoms with van der Waals surface area (Å²) in [7, 11) is 1.61. The predicted molar refractivity (Wildman–Crippen MR) is 135 cm³/mol. The number of amides is 2. The lowest BCUT2D eigenvalue weighted by molar-refractivity contribution is -0.145. The summed E-state index contributed by atoms with van der Waals surface area (Å²) in [5, 5.41) is 11.6. The third kappa shape index (κ3) is 5.47. The van der Waals surface area contributed by atoms with Gasteiger partial charge in [-0.05, 0) is 62.9 Å². The zero-order valence-electron chi connectivity index (χ0n) is 21.0. The Hall–Kier alpha value is -3.42. The van der Waals surface area contributed by atoms with Crippen molar-refractivity contribution < 1.29 is 14.3 Å². The monoisotopic (exact) mass is 477 g/mol. The highest BCUT2D eigenvalue weighted by atomic mass is 16.5. The molecule has 0 radical (unpaired) electrons. The third-order valence-electron chi connectivity index (χ3n) is 7.01. The molecule has 1 aliphatic rings. The molecule has 1 atom stereocenters. The third-order valence-corrected chi connectivity index (χ3v) is 7.01. The van der Waals surface area contributed by atoms with Crippen LogP contribution in [0, 0.1) is 0 Å². The van der Waals surface area contributed by atoms with Crippen molar-refractivity contribution in [2.24, 2.45) is 0 Å². The van der Waals surface area contributed by atoms with E-state index in [-0.39, 0.29) is 24.4 Å². The Morgan fingerprint density at radius 2 is 1.83 bits per heavy atom. The van der Waals surface area contributed by atoms with E-state index in [0.717, 1.165) is 48.7 Å². The second-order valence-electron chi connectivity index (χ2n) is 9.88. The second kappa shape index (κ2) is 10.5. The smallest absolute Gasteiger partial charge is 0.247 e. The van der Waals surface area contributed by atoms with Crippen LogP contribution in [-0.2, 0) is 16.1 Å². The Kier molecular flexibility index (Phi) is 7.38. The van der Waals surface area contributed by atoms with Gasteiger partial charge in [0.25, 0.3) is 0 Å². The Morgan fingerprint density at radius 3 is 2.49 bits per heavy atom. The highest BCUT2D eigenvalue weighted by molar-refractivity contribution is 5.90. The maximum atomic E-state index is 14.0. The molecule has 1 unspecified atom stereocenters. The summed E-state index contributed by atoms with van der Waals surface area (Å²) in [5.74, 6) is 0.387. The molecule has 8 heteroatoms. The van der Waals surface area contributed by atoms with Crippen molar-refractivity contribution in [1.29, 1.82) is 0 Å². The standard InChI is InChI=1S/C27H35N5O3/c1-5-27(2,3)28-26(34)25(19-14-16-21(35-4)17-15-19)32(20-10-6-7-11-20)24(33)18-31-23-13-9-8-12-22(23)29-30-31/h8-9,12-17,20,25H,5-7,10-11,18H2,1-4H3,(H,28,34). The van der Waals surface area contributed by atoms with Gasteiger partial charge in [0.1, 0.15) is 23.9 Å². The van der Waals surface area contributed by atoms with Crippen LogP contribution < -0.4 is 10.1 Å². The van der Waals surface area contributed by atoms with E-state index in [1.165, 1.54) is 0 Å². The molecule has 0 bridgehead atoms. The number of rotatable bonds is 9. The number of para-hydroxylation sites is 1. The van der Waals surface area contributed by atoms with Gasteiger partial charge in [-0.1, -0.05) is 49.2 Å². The maximum absolute atomic E-state index is 14.0. The van der Waals surface area contributed by atoms with Gasteiger partial charge >= 0.3 is 0 Å². The minimum Gasteiger partial charge on any atom is -0.497 e. The quantitative estimate of drug-likeness (QED) is 0.497. The van der Waals surface area contributed by atoms with Crippen LogP contribution in [-0.4, -0.2) is 50.4 Å². The molecule has 2 amide bonds. The molecule has 8 nitrogen and oxygen atoms in total. The van der Waals surface area contributed by atoms with E-state index < -0.39 is 11.6 Å². The number of carbonyl (C=O) groups excluding carboxylic acids is 2. The molecular formula is C27H35N5O3. The van der Waals surface area contributed by atoms with Gasteiger partial charge < -0.3 is 15.0 Å². The van der Waals surface area contributed by atoms with E-state index in [1.54, 1.807) is 16.7 Å². The molecule has 3 aromatic rings. The van der Waals surface area contributed by atoms with Crippen molar-refractivity contribution in [2.45, 2.75) is 77.0 Å². The fraction of sp³-hybridized carbons (Fsp3) is 0.481. The van der Waals surface area contributed by atoms with Crippen molar-refractivity contribution in [1.82, 2.24) is 25.2 Å². The highest BCUT2D eigenvalue weighted by Crippen LogP contribution is 2.33. The molecule has 0 spiro atoms. The summed E-state index contributed by atoms with van der Waals surface area (Å²) >= 11 is 0. The zero-order valence-corrected chi connectivity index (χ0v) is 21.0. The van der Waals surface area contributed by atoms with Gasteiger partial charge in [-0.15, -0.1) is 5.10 Å². The molecule has 2 aromatic carbocycles. The first-order valence-electron chi connectivity index (χ1n) is 12.4. The van der Waals surface area contributed by atoms with E-state index in [0.29, 0.717) is 5.75 Å². The number of aromatic nitrogens is 3. The van der Waals surface area contributed by atoms with Crippen LogP contribution in [0.5, 0.6) is 5.75 Å². The van der Waals surface area contributed by atoms with Crippen LogP contribution in [0.3, 0.4) is 0 Å². The molecule has 1 aromatic heterocycles. The van der Waals surface area contributed by atoms with Crippen LogP contribution in [0.4, 0.5) is 0 Å². The van der Waals surface area contributed by atoms with Gasteiger partial charge in [-0.25, -0.2) is 4.68 Å². The van der Waals surface area contributed by atoms with Gasteiger partial charge in [-0.3, -0.25) is 9.59 Å². The first kappa shape index (κ1) is 24.7. The van der Waals surface area contributed by atoms with Gasteiger partial charge in [0.2, 0.25) is 11.8 Å². The van der Waals surface area contributed by atoms with Gasteiger partial charge in [0.15, 0.2) is 0 Å². The zero-order chi connectivity index (χ0) is 25.0.